The number of aromatic nitrogens is 3. The Morgan fingerprint density at radius 2 is 1.78 bits per heavy atom. The molecule has 4 N–H and O–H groups in total. The van der Waals surface area contributed by atoms with Crippen molar-refractivity contribution in [1.82, 2.24) is 20.3 Å². The third-order valence-corrected chi connectivity index (χ3v) is 5.69. The van der Waals surface area contributed by atoms with Gasteiger partial charge in [-0.15, -0.1) is 0 Å². The molecule has 2 aromatic heterocycles. The van der Waals surface area contributed by atoms with Gasteiger partial charge in [-0.05, 0) is 19.0 Å². The molecule has 1 aliphatic heterocycles. The third kappa shape index (κ3) is 3.32. The van der Waals surface area contributed by atoms with Gasteiger partial charge in [-0.25, -0.2) is 13.8 Å². The summed E-state index contributed by atoms with van der Waals surface area (Å²) in [6.07, 6.45) is 0.873. The quantitative estimate of drug-likeness (QED) is 0.379. The van der Waals surface area contributed by atoms with Gasteiger partial charge in [0.25, 0.3) is 5.56 Å². The van der Waals surface area contributed by atoms with Crippen molar-refractivity contribution in [2.45, 2.75) is 12.5 Å². The molecule has 0 bridgehead atoms. The van der Waals surface area contributed by atoms with Gasteiger partial charge in [-0.2, -0.15) is 0 Å². The van der Waals surface area contributed by atoms with E-state index in [4.69, 9.17) is 9.47 Å². The molecule has 0 saturated carbocycles. The Hall–Kier alpha value is -3.66. The van der Waals surface area contributed by atoms with Gasteiger partial charge in [0, 0.05) is 36.2 Å². The monoisotopic (exact) mass is 441 g/mol. The zero-order chi connectivity index (χ0) is 22.4. The van der Waals surface area contributed by atoms with Gasteiger partial charge in [0.05, 0.1) is 36.5 Å². The van der Waals surface area contributed by atoms with Gasteiger partial charge in [0.1, 0.15) is 11.4 Å². The van der Waals surface area contributed by atoms with Crippen LogP contribution in [0.25, 0.3) is 33.3 Å². The molecule has 4 aromatic rings. The van der Waals surface area contributed by atoms with E-state index in [1.165, 1.54) is 14.2 Å². The first-order valence-corrected chi connectivity index (χ1v) is 10.1. The predicted octanol–water partition coefficient (Wildman–Crippen LogP) is 3.14. The number of halogens is 2. The molecule has 0 amide bonds. The fourth-order valence-electron chi connectivity index (χ4n) is 4.10. The number of pyridine rings is 1. The lowest BCUT2D eigenvalue weighted by Gasteiger charge is -2.19. The zero-order valence-electron chi connectivity index (χ0n) is 17.4. The standard InChI is InChI=1S/C22H21F2N5O3/c1-31-17-5-11-14(8-18(17)32-2)29-22(30)19(20(11)26-10-3-4-25-9-10)21-27-15-6-12(23)13(24)7-16(15)28-21/h5-8,10,25H,3-4,9H2,1-2H3,(H,27,28)(H2,26,29,30). The van der Waals surface area contributed by atoms with Crippen LogP contribution in [-0.2, 0) is 0 Å². The summed E-state index contributed by atoms with van der Waals surface area (Å²) in [7, 11) is 3.05. The van der Waals surface area contributed by atoms with E-state index in [1.807, 2.05) is 0 Å². The van der Waals surface area contributed by atoms with E-state index >= 15 is 0 Å². The Labute approximate surface area is 181 Å². The highest BCUT2D eigenvalue weighted by Crippen LogP contribution is 2.38. The first-order chi connectivity index (χ1) is 15.5. The zero-order valence-corrected chi connectivity index (χ0v) is 17.4. The Balaban J connectivity index is 1.78. The summed E-state index contributed by atoms with van der Waals surface area (Å²) < 4.78 is 38.3. The number of anilines is 1. The number of hydrogen-bond acceptors (Lipinski definition) is 6. The van der Waals surface area contributed by atoms with Crippen LogP contribution in [0.1, 0.15) is 6.42 Å². The van der Waals surface area contributed by atoms with Crippen molar-refractivity contribution >= 4 is 27.6 Å². The Bertz CT molecular complexity index is 1350. The molecule has 1 fully saturated rings. The summed E-state index contributed by atoms with van der Waals surface area (Å²) in [4.78, 5) is 23.4. The van der Waals surface area contributed by atoms with Crippen LogP contribution in [0.15, 0.2) is 29.1 Å². The molecule has 32 heavy (non-hydrogen) atoms. The van der Waals surface area contributed by atoms with E-state index < -0.39 is 17.2 Å². The minimum Gasteiger partial charge on any atom is -0.493 e. The van der Waals surface area contributed by atoms with Crippen LogP contribution in [0.4, 0.5) is 14.5 Å². The van der Waals surface area contributed by atoms with E-state index in [2.05, 4.69) is 25.6 Å². The number of imidazole rings is 1. The SMILES string of the molecule is COc1cc2[nH]c(=O)c(-c3nc4cc(F)c(F)cc4[nH]3)c(NC3CCNC3)c2cc1OC. The fourth-order valence-corrected chi connectivity index (χ4v) is 4.10. The molecule has 2 aromatic carbocycles. The topological polar surface area (TPSA) is 104 Å². The highest BCUT2D eigenvalue weighted by atomic mass is 19.2. The number of nitrogens with zero attached hydrogens (tertiary/aromatic N) is 1. The van der Waals surface area contributed by atoms with Gasteiger partial charge < -0.3 is 30.1 Å². The van der Waals surface area contributed by atoms with Crippen LogP contribution in [0.2, 0.25) is 0 Å². The van der Waals surface area contributed by atoms with Crippen molar-refractivity contribution in [2.75, 3.05) is 32.6 Å². The molecule has 1 aliphatic rings. The lowest BCUT2D eigenvalue weighted by Crippen LogP contribution is -2.24. The minimum absolute atomic E-state index is 0.0890. The van der Waals surface area contributed by atoms with Gasteiger partial charge in [0.15, 0.2) is 23.1 Å². The second-order valence-electron chi connectivity index (χ2n) is 7.66. The highest BCUT2D eigenvalue weighted by Gasteiger charge is 2.24. The van der Waals surface area contributed by atoms with Crippen LogP contribution in [-0.4, -0.2) is 48.3 Å². The summed E-state index contributed by atoms with van der Waals surface area (Å²) in [6, 6.07) is 5.59. The molecule has 3 heterocycles. The van der Waals surface area contributed by atoms with Gasteiger partial charge in [0.2, 0.25) is 0 Å². The van der Waals surface area contributed by atoms with Crippen molar-refractivity contribution in [3.05, 3.63) is 46.3 Å². The molecule has 1 saturated heterocycles. The molecule has 8 nitrogen and oxygen atoms in total. The molecule has 0 spiro atoms. The maximum atomic E-state index is 13.7. The fraction of sp³-hybridized carbons (Fsp3) is 0.273. The van der Waals surface area contributed by atoms with Gasteiger partial charge >= 0.3 is 0 Å². The first kappa shape index (κ1) is 20.3. The van der Waals surface area contributed by atoms with E-state index in [9.17, 15) is 13.6 Å². The van der Waals surface area contributed by atoms with Crippen molar-refractivity contribution in [3.8, 4) is 22.9 Å². The number of methoxy groups -OCH3 is 2. The van der Waals surface area contributed by atoms with Gasteiger partial charge in [-0.1, -0.05) is 0 Å². The number of benzene rings is 2. The second kappa shape index (κ2) is 7.79. The summed E-state index contributed by atoms with van der Waals surface area (Å²) in [5.74, 6) is -0.815. The van der Waals surface area contributed by atoms with Crippen LogP contribution >= 0.6 is 0 Å². The lowest BCUT2D eigenvalue weighted by atomic mass is 10.1. The van der Waals surface area contributed by atoms with Crippen LogP contribution in [0.5, 0.6) is 11.5 Å². The smallest absolute Gasteiger partial charge is 0.261 e. The molecular formula is C22H21F2N5O3. The van der Waals surface area contributed by atoms with Crippen LogP contribution in [0.3, 0.4) is 0 Å². The van der Waals surface area contributed by atoms with Gasteiger partial charge in [-0.3, -0.25) is 4.79 Å². The molecule has 1 unspecified atom stereocenters. The second-order valence-corrected chi connectivity index (χ2v) is 7.66. The largest absolute Gasteiger partial charge is 0.493 e. The van der Waals surface area contributed by atoms with Crippen LogP contribution < -0.4 is 25.7 Å². The molecule has 0 radical (unpaired) electrons. The van der Waals surface area contributed by atoms with Crippen molar-refractivity contribution in [3.63, 3.8) is 0 Å². The first-order valence-electron chi connectivity index (χ1n) is 10.1. The number of fused-ring (bicyclic) bond motifs is 2. The number of rotatable bonds is 5. The van der Waals surface area contributed by atoms with E-state index in [0.29, 0.717) is 33.6 Å². The van der Waals surface area contributed by atoms with Crippen molar-refractivity contribution in [1.29, 1.82) is 0 Å². The average molecular weight is 441 g/mol. The predicted molar refractivity (Wildman–Crippen MR) is 118 cm³/mol. The maximum absolute atomic E-state index is 13.7. The van der Waals surface area contributed by atoms with Crippen molar-refractivity contribution in [2.24, 2.45) is 0 Å². The van der Waals surface area contributed by atoms with Crippen LogP contribution in [0, 0.1) is 11.6 Å². The molecular weight excluding hydrogens is 420 g/mol. The highest BCUT2D eigenvalue weighted by molar-refractivity contribution is 6.00. The Morgan fingerprint density at radius 3 is 2.50 bits per heavy atom. The molecule has 0 aliphatic carbocycles. The summed E-state index contributed by atoms with van der Waals surface area (Å²) in [6.45, 7) is 1.59. The molecule has 1 atom stereocenters. The number of nitrogens with one attached hydrogen (secondary N) is 4. The average Bonchev–Trinajstić information content (AvgIpc) is 3.43. The number of hydrogen-bond donors (Lipinski definition) is 4. The molecule has 166 valence electrons. The third-order valence-electron chi connectivity index (χ3n) is 5.69. The summed E-state index contributed by atoms with van der Waals surface area (Å²) in [5.41, 5.74) is 1.46. The van der Waals surface area contributed by atoms with E-state index in [0.717, 1.165) is 31.6 Å². The number of H-pyrrole nitrogens is 2. The Morgan fingerprint density at radius 1 is 1.03 bits per heavy atom. The minimum atomic E-state index is -1.00. The number of ether oxygens (including phenoxy) is 2. The normalized spacial score (nSPS) is 16.1. The maximum Gasteiger partial charge on any atom is 0.261 e. The number of aromatic amines is 2. The lowest BCUT2D eigenvalue weighted by molar-refractivity contribution is 0.356. The molecule has 5 rings (SSSR count). The van der Waals surface area contributed by atoms with E-state index in [1.54, 1.807) is 12.1 Å². The van der Waals surface area contributed by atoms with E-state index in [-0.39, 0.29) is 22.9 Å². The summed E-state index contributed by atoms with van der Waals surface area (Å²) >= 11 is 0. The Kier molecular flexibility index (Phi) is 4.93. The molecule has 10 heteroatoms. The van der Waals surface area contributed by atoms with Crippen molar-refractivity contribution < 1.29 is 18.3 Å². The summed E-state index contributed by atoms with van der Waals surface area (Å²) in [5, 5.41) is 7.45.